The highest BCUT2D eigenvalue weighted by atomic mass is 32.2. The van der Waals surface area contributed by atoms with Gasteiger partial charge in [0.05, 0.1) is 43.4 Å². The molecule has 1 aliphatic heterocycles. The molecule has 1 heterocycles. The fourth-order valence-electron chi connectivity index (χ4n) is 4.90. The first-order valence-corrected chi connectivity index (χ1v) is 15.9. The number of esters is 1. The van der Waals surface area contributed by atoms with Gasteiger partial charge in [-0.25, -0.2) is 27.5 Å². The molecular formula is C34H33N5O6S. The Bertz CT molecular complexity index is 1960. The number of rotatable bonds is 10. The second-order valence-electron chi connectivity index (χ2n) is 10.3. The van der Waals surface area contributed by atoms with Crippen molar-refractivity contribution in [3.05, 3.63) is 108 Å². The van der Waals surface area contributed by atoms with E-state index in [0.717, 1.165) is 15.6 Å². The van der Waals surface area contributed by atoms with Crippen molar-refractivity contribution in [2.24, 2.45) is 9.98 Å². The van der Waals surface area contributed by atoms with Crippen molar-refractivity contribution < 1.29 is 27.5 Å². The van der Waals surface area contributed by atoms with Crippen LogP contribution < -0.4 is 15.4 Å². The van der Waals surface area contributed by atoms with Crippen LogP contribution in [-0.2, 0) is 26.1 Å². The topological polar surface area (TPSA) is 139 Å². The van der Waals surface area contributed by atoms with Gasteiger partial charge < -0.3 is 20.1 Å². The number of sulfonamides is 1. The molecular weight excluding hydrogens is 606 g/mol. The monoisotopic (exact) mass is 639 g/mol. The summed E-state index contributed by atoms with van der Waals surface area (Å²) in [6.07, 6.45) is 0. The lowest BCUT2D eigenvalue weighted by atomic mass is 10.1. The molecule has 2 N–H and O–H groups in total. The van der Waals surface area contributed by atoms with E-state index in [1.54, 1.807) is 48.5 Å². The SMILES string of the molecule is CCNc1ccc(N=C(C(=O)Nc2cc(C(=O)OC)ccc2OC)C2=Nc3ccccc3S(=O)(=O)N2Cc2ccccc2)c(C)c1. The number of fused-ring (bicyclic) bond motifs is 1. The zero-order chi connectivity index (χ0) is 32.8. The molecule has 4 aromatic carbocycles. The van der Waals surface area contributed by atoms with Crippen molar-refractivity contribution in [2.45, 2.75) is 25.3 Å². The van der Waals surface area contributed by atoms with E-state index in [1.165, 1.54) is 38.5 Å². The molecule has 46 heavy (non-hydrogen) atoms. The molecule has 0 atom stereocenters. The summed E-state index contributed by atoms with van der Waals surface area (Å²) < 4.78 is 39.7. The maximum atomic E-state index is 14.3. The summed E-state index contributed by atoms with van der Waals surface area (Å²) in [5, 5.41) is 6.01. The van der Waals surface area contributed by atoms with Crippen molar-refractivity contribution in [3.63, 3.8) is 0 Å². The summed E-state index contributed by atoms with van der Waals surface area (Å²) in [5.41, 5.74) is 2.94. The van der Waals surface area contributed by atoms with Crippen LogP contribution >= 0.6 is 0 Å². The molecule has 0 unspecified atom stereocenters. The van der Waals surface area contributed by atoms with Crippen molar-refractivity contribution in [1.82, 2.24) is 4.31 Å². The zero-order valence-corrected chi connectivity index (χ0v) is 26.6. The van der Waals surface area contributed by atoms with E-state index in [0.29, 0.717) is 17.8 Å². The highest BCUT2D eigenvalue weighted by Gasteiger charge is 2.38. The lowest BCUT2D eigenvalue weighted by Gasteiger charge is -2.30. The van der Waals surface area contributed by atoms with Gasteiger partial charge in [0.2, 0.25) is 0 Å². The van der Waals surface area contributed by atoms with Crippen molar-refractivity contribution in [3.8, 4) is 5.75 Å². The number of nitrogens with one attached hydrogen (secondary N) is 2. The summed E-state index contributed by atoms with van der Waals surface area (Å²) in [7, 11) is -1.52. The number of carbonyl (C=O) groups excluding carboxylic acids is 2. The van der Waals surface area contributed by atoms with Crippen LogP contribution in [0, 0.1) is 6.92 Å². The highest BCUT2D eigenvalue weighted by molar-refractivity contribution is 7.90. The summed E-state index contributed by atoms with van der Waals surface area (Å²) in [4.78, 5) is 36.1. The van der Waals surface area contributed by atoms with E-state index in [9.17, 15) is 18.0 Å². The van der Waals surface area contributed by atoms with Crippen LogP contribution in [0.25, 0.3) is 0 Å². The van der Waals surface area contributed by atoms with E-state index in [4.69, 9.17) is 19.5 Å². The lowest BCUT2D eigenvalue weighted by molar-refractivity contribution is -0.110. The number of hydrogen-bond donors (Lipinski definition) is 2. The summed E-state index contributed by atoms with van der Waals surface area (Å²) >= 11 is 0. The van der Waals surface area contributed by atoms with E-state index in [2.05, 4.69) is 10.6 Å². The summed E-state index contributed by atoms with van der Waals surface area (Å²) in [5.74, 6) is -1.30. The molecule has 0 aliphatic carbocycles. The third kappa shape index (κ3) is 6.61. The van der Waals surface area contributed by atoms with Crippen LogP contribution in [0.4, 0.5) is 22.7 Å². The van der Waals surface area contributed by atoms with Gasteiger partial charge in [0.1, 0.15) is 10.6 Å². The maximum absolute atomic E-state index is 14.3. The smallest absolute Gasteiger partial charge is 0.337 e. The minimum Gasteiger partial charge on any atom is -0.495 e. The van der Waals surface area contributed by atoms with Crippen molar-refractivity contribution in [2.75, 3.05) is 31.4 Å². The van der Waals surface area contributed by atoms with E-state index < -0.39 is 21.9 Å². The van der Waals surface area contributed by atoms with Crippen LogP contribution in [0.3, 0.4) is 0 Å². The molecule has 0 saturated heterocycles. The number of hydrogen-bond acceptors (Lipinski definition) is 9. The van der Waals surface area contributed by atoms with Gasteiger partial charge in [-0.1, -0.05) is 42.5 Å². The standard InChI is InChI=1S/C34H33N5O6S/c1-5-35-25-16-17-26(22(2)19-25)36-31(33(40)38-28-20-24(34(41)45-4)15-18-29(28)44-3)32-37-27-13-9-10-14-30(27)46(42,43)39(32)21-23-11-7-6-8-12-23/h6-20,35H,5,21H2,1-4H3,(H,38,40). The van der Waals surface area contributed by atoms with Gasteiger partial charge >= 0.3 is 5.97 Å². The van der Waals surface area contributed by atoms with Gasteiger partial charge in [-0.3, -0.25) is 4.79 Å². The fourth-order valence-corrected chi connectivity index (χ4v) is 6.44. The Morgan fingerprint density at radius 2 is 1.67 bits per heavy atom. The average molecular weight is 640 g/mol. The number of anilines is 2. The Labute approximate surface area is 267 Å². The van der Waals surface area contributed by atoms with Gasteiger partial charge in [-0.2, -0.15) is 0 Å². The largest absolute Gasteiger partial charge is 0.495 e. The molecule has 0 saturated carbocycles. The zero-order valence-electron chi connectivity index (χ0n) is 25.8. The van der Waals surface area contributed by atoms with Crippen LogP contribution in [0.5, 0.6) is 5.75 Å². The predicted molar refractivity (Wildman–Crippen MR) is 178 cm³/mol. The number of ether oxygens (including phenoxy) is 2. The molecule has 1 amide bonds. The van der Waals surface area contributed by atoms with Gasteiger partial charge in [-0.05, 0) is 73.5 Å². The van der Waals surface area contributed by atoms with Gasteiger partial charge in [0.15, 0.2) is 11.5 Å². The fraction of sp³-hybridized carbons (Fsp3) is 0.176. The molecule has 0 aromatic heterocycles. The van der Waals surface area contributed by atoms with Crippen molar-refractivity contribution in [1.29, 1.82) is 0 Å². The molecule has 0 radical (unpaired) electrons. The summed E-state index contributed by atoms with van der Waals surface area (Å²) in [6, 6.07) is 25.2. The first-order chi connectivity index (χ1) is 22.2. The Balaban J connectivity index is 1.71. The number of aryl methyl sites for hydroxylation is 1. The van der Waals surface area contributed by atoms with E-state index in [-0.39, 0.29) is 45.7 Å². The Morgan fingerprint density at radius 1 is 0.935 bits per heavy atom. The van der Waals surface area contributed by atoms with E-state index in [1.807, 2.05) is 32.0 Å². The molecule has 0 fully saturated rings. The molecule has 5 rings (SSSR count). The minimum atomic E-state index is -4.19. The molecule has 12 heteroatoms. The van der Waals surface area contributed by atoms with Gasteiger partial charge in [0, 0.05) is 12.2 Å². The number of para-hydroxylation sites is 1. The highest BCUT2D eigenvalue weighted by Crippen LogP contribution is 2.35. The molecule has 236 valence electrons. The third-order valence-corrected chi connectivity index (χ3v) is 8.95. The van der Waals surface area contributed by atoms with Gasteiger partial charge in [0.25, 0.3) is 15.9 Å². The van der Waals surface area contributed by atoms with Crippen LogP contribution in [0.1, 0.15) is 28.4 Å². The number of benzene rings is 4. The number of nitrogens with zero attached hydrogens (tertiary/aromatic N) is 3. The molecule has 0 bridgehead atoms. The number of amides is 1. The summed E-state index contributed by atoms with van der Waals surface area (Å²) in [6.45, 7) is 4.43. The second-order valence-corrected chi connectivity index (χ2v) is 12.1. The van der Waals surface area contributed by atoms with Crippen molar-refractivity contribution >= 4 is 56.2 Å². The first-order valence-electron chi connectivity index (χ1n) is 14.4. The van der Waals surface area contributed by atoms with E-state index >= 15 is 0 Å². The number of carbonyl (C=O) groups is 2. The predicted octanol–water partition coefficient (Wildman–Crippen LogP) is 5.87. The average Bonchev–Trinajstić information content (AvgIpc) is 3.06. The molecule has 1 aliphatic rings. The molecule has 4 aromatic rings. The lowest BCUT2D eigenvalue weighted by Crippen LogP contribution is -2.46. The Morgan fingerprint density at radius 3 is 2.37 bits per heavy atom. The number of amidine groups is 1. The number of methoxy groups -OCH3 is 2. The van der Waals surface area contributed by atoms with Crippen LogP contribution in [0.15, 0.2) is 106 Å². The Hall–Kier alpha value is -5.49. The Kier molecular flexibility index (Phi) is 9.47. The molecule has 0 spiro atoms. The normalized spacial score (nSPS) is 13.7. The molecule has 11 nitrogen and oxygen atoms in total. The maximum Gasteiger partial charge on any atom is 0.337 e. The van der Waals surface area contributed by atoms with Crippen LogP contribution in [-0.4, -0.2) is 56.9 Å². The first kappa shape index (κ1) is 31.9. The minimum absolute atomic E-state index is 0.00746. The second kappa shape index (κ2) is 13.7. The third-order valence-electron chi connectivity index (χ3n) is 7.17. The number of aliphatic imine (C=N–C) groups is 2. The van der Waals surface area contributed by atoms with Crippen LogP contribution in [0.2, 0.25) is 0 Å². The quantitative estimate of drug-likeness (QED) is 0.164. The van der Waals surface area contributed by atoms with Gasteiger partial charge in [-0.15, -0.1) is 0 Å².